The molecule has 0 aromatic heterocycles. The number of phenolic OH excluding ortho intramolecular Hbond substituents is 1. The van der Waals surface area contributed by atoms with Gasteiger partial charge in [-0.25, -0.2) is 0 Å². The second kappa shape index (κ2) is 12.4. The van der Waals surface area contributed by atoms with Crippen LogP contribution in [0, 0.1) is 30.6 Å². The second-order valence-electron chi connectivity index (χ2n) is 13.9. The van der Waals surface area contributed by atoms with Gasteiger partial charge in [0, 0.05) is 5.92 Å². The number of amides is 4. The Labute approximate surface area is 300 Å². The van der Waals surface area contributed by atoms with Gasteiger partial charge in [0.2, 0.25) is 11.8 Å². The Morgan fingerprint density at radius 1 is 0.882 bits per heavy atom. The number of ether oxygens (including phenoxy) is 1. The van der Waals surface area contributed by atoms with Crippen molar-refractivity contribution in [1.82, 2.24) is 9.91 Å². The lowest BCUT2D eigenvalue weighted by atomic mass is 9.49. The molecule has 2 N–H and O–H groups in total. The van der Waals surface area contributed by atoms with Crippen molar-refractivity contribution in [3.05, 3.63) is 136 Å². The van der Waals surface area contributed by atoms with Crippen LogP contribution >= 0.6 is 11.6 Å². The highest BCUT2D eigenvalue weighted by atomic mass is 35.5. The Hall–Kier alpha value is -5.41. The fourth-order valence-corrected chi connectivity index (χ4v) is 9.24. The molecule has 4 amide bonds. The molecule has 0 radical (unpaired) electrons. The number of anilines is 1. The predicted octanol–water partition coefficient (Wildman–Crippen LogP) is 6.55. The first kappa shape index (κ1) is 32.8. The zero-order valence-corrected chi connectivity index (χ0v) is 28.8. The quantitative estimate of drug-likeness (QED) is 0.166. The average molecular weight is 702 g/mol. The van der Waals surface area contributed by atoms with Crippen LogP contribution in [-0.4, -0.2) is 45.8 Å². The molecule has 3 fully saturated rings. The lowest BCUT2D eigenvalue weighted by Gasteiger charge is -2.50. The normalized spacial score (nSPS) is 26.8. The molecule has 51 heavy (non-hydrogen) atoms. The number of hydrogen-bond acceptors (Lipinski definition) is 7. The Morgan fingerprint density at radius 3 is 2.25 bits per heavy atom. The minimum absolute atomic E-state index is 0.0214. The SMILES string of the molecule is COc1cc([C@H]2C3=CC[C@@H]4C(=O)N(Cc5ccccc5)C(=O)[C@@H]4[C@@H]3C[C@H]3C(=O)N(Nc4ccc(C)cc4)C(=O)[C@@]23c2ccccc2)cc(Cl)c1O. The number of likely N-dealkylation sites (tertiary alicyclic amines) is 1. The number of rotatable bonds is 7. The molecular formula is C41H36ClN3O6. The molecule has 0 unspecified atom stereocenters. The van der Waals surface area contributed by atoms with Crippen molar-refractivity contribution in [1.29, 1.82) is 0 Å². The van der Waals surface area contributed by atoms with Gasteiger partial charge in [0.25, 0.3) is 11.8 Å². The number of phenols is 1. The monoisotopic (exact) mass is 701 g/mol. The molecule has 2 aliphatic heterocycles. The van der Waals surface area contributed by atoms with Gasteiger partial charge in [-0.2, -0.15) is 5.01 Å². The lowest BCUT2D eigenvalue weighted by molar-refractivity contribution is -0.142. The number of benzene rings is 4. The number of allylic oxidation sites excluding steroid dienone is 2. The van der Waals surface area contributed by atoms with Crippen LogP contribution in [0.1, 0.15) is 41.0 Å². The maximum Gasteiger partial charge on any atom is 0.260 e. The van der Waals surface area contributed by atoms with Gasteiger partial charge in [-0.15, -0.1) is 0 Å². The number of aromatic hydroxyl groups is 1. The number of hydrogen-bond donors (Lipinski definition) is 2. The van der Waals surface area contributed by atoms with Gasteiger partial charge in [0.15, 0.2) is 11.5 Å². The van der Waals surface area contributed by atoms with Crippen LogP contribution in [0.2, 0.25) is 5.02 Å². The van der Waals surface area contributed by atoms with E-state index in [0.717, 1.165) is 21.7 Å². The molecule has 4 aliphatic rings. The van der Waals surface area contributed by atoms with Crippen LogP contribution in [-0.2, 0) is 31.1 Å². The van der Waals surface area contributed by atoms with E-state index in [4.69, 9.17) is 16.3 Å². The second-order valence-corrected chi connectivity index (χ2v) is 14.3. The number of methoxy groups -OCH3 is 1. The number of halogens is 1. The van der Waals surface area contributed by atoms with Gasteiger partial charge in [-0.3, -0.25) is 29.5 Å². The predicted molar refractivity (Wildman–Crippen MR) is 190 cm³/mol. The van der Waals surface area contributed by atoms with E-state index in [0.29, 0.717) is 23.2 Å². The Balaban J connectivity index is 1.32. The van der Waals surface area contributed by atoms with Crippen LogP contribution in [0.25, 0.3) is 0 Å². The first-order valence-electron chi connectivity index (χ1n) is 17.1. The highest BCUT2D eigenvalue weighted by molar-refractivity contribution is 6.32. The highest BCUT2D eigenvalue weighted by Gasteiger charge is 2.70. The molecule has 6 atom stereocenters. The van der Waals surface area contributed by atoms with E-state index < -0.39 is 46.8 Å². The van der Waals surface area contributed by atoms with Crippen molar-refractivity contribution < 1.29 is 29.0 Å². The van der Waals surface area contributed by atoms with E-state index in [1.807, 2.05) is 97.9 Å². The zero-order valence-electron chi connectivity index (χ0n) is 28.1. The zero-order chi connectivity index (χ0) is 35.6. The molecule has 9 nitrogen and oxygen atoms in total. The van der Waals surface area contributed by atoms with E-state index >= 15 is 4.79 Å². The maximum absolute atomic E-state index is 15.3. The minimum Gasteiger partial charge on any atom is -0.503 e. The molecule has 0 bridgehead atoms. The summed E-state index contributed by atoms with van der Waals surface area (Å²) in [6.07, 6.45) is 2.47. The fourth-order valence-electron chi connectivity index (χ4n) is 9.03. The smallest absolute Gasteiger partial charge is 0.260 e. The third kappa shape index (κ3) is 4.97. The molecular weight excluding hydrogens is 666 g/mol. The first-order valence-corrected chi connectivity index (χ1v) is 17.5. The summed E-state index contributed by atoms with van der Waals surface area (Å²) in [5.74, 6) is -5.06. The number of carbonyl (C=O) groups excluding carboxylic acids is 4. The molecule has 2 aliphatic carbocycles. The van der Waals surface area contributed by atoms with Gasteiger partial charge in [0.05, 0.1) is 47.5 Å². The Bertz CT molecular complexity index is 2100. The van der Waals surface area contributed by atoms with Crippen molar-refractivity contribution in [2.24, 2.45) is 23.7 Å². The van der Waals surface area contributed by atoms with E-state index in [9.17, 15) is 19.5 Å². The average Bonchev–Trinajstić information content (AvgIpc) is 3.51. The van der Waals surface area contributed by atoms with E-state index in [1.165, 1.54) is 12.0 Å². The number of nitrogens with one attached hydrogen (secondary N) is 1. The van der Waals surface area contributed by atoms with Gasteiger partial charge in [-0.1, -0.05) is 102 Å². The Kier molecular flexibility index (Phi) is 7.98. The van der Waals surface area contributed by atoms with Crippen molar-refractivity contribution in [3.63, 3.8) is 0 Å². The summed E-state index contributed by atoms with van der Waals surface area (Å²) in [5.41, 5.74) is 6.05. The topological polar surface area (TPSA) is 116 Å². The maximum atomic E-state index is 15.3. The van der Waals surface area contributed by atoms with Crippen molar-refractivity contribution in [2.75, 3.05) is 12.5 Å². The number of nitrogens with zero attached hydrogens (tertiary/aromatic N) is 2. The van der Waals surface area contributed by atoms with Crippen LogP contribution in [0.3, 0.4) is 0 Å². The van der Waals surface area contributed by atoms with Crippen LogP contribution in [0.4, 0.5) is 5.69 Å². The van der Waals surface area contributed by atoms with Crippen molar-refractivity contribution >= 4 is 40.9 Å². The van der Waals surface area contributed by atoms with Crippen molar-refractivity contribution in [3.8, 4) is 11.5 Å². The largest absolute Gasteiger partial charge is 0.503 e. The third-order valence-corrected chi connectivity index (χ3v) is 11.6. The molecule has 2 heterocycles. The summed E-state index contributed by atoms with van der Waals surface area (Å²) in [4.78, 5) is 59.8. The molecule has 258 valence electrons. The molecule has 8 rings (SSSR count). The summed E-state index contributed by atoms with van der Waals surface area (Å²) in [6, 6.07) is 29.3. The molecule has 4 aromatic carbocycles. The molecule has 0 spiro atoms. The molecule has 4 aromatic rings. The Morgan fingerprint density at radius 2 is 1.57 bits per heavy atom. The first-order chi connectivity index (χ1) is 24.6. The number of fused-ring (bicyclic) bond motifs is 4. The van der Waals surface area contributed by atoms with E-state index in [2.05, 4.69) is 5.43 Å². The summed E-state index contributed by atoms with van der Waals surface area (Å²) < 4.78 is 5.54. The fraction of sp³-hybridized carbons (Fsp3) is 0.268. The summed E-state index contributed by atoms with van der Waals surface area (Å²) in [7, 11) is 1.42. The number of carbonyl (C=O) groups is 4. The van der Waals surface area contributed by atoms with Crippen molar-refractivity contribution in [2.45, 2.75) is 37.6 Å². The van der Waals surface area contributed by atoms with Gasteiger partial charge in [0.1, 0.15) is 0 Å². The molecule has 1 saturated carbocycles. The van der Waals surface area contributed by atoms with E-state index in [-0.39, 0.29) is 41.3 Å². The number of hydrazine groups is 1. The van der Waals surface area contributed by atoms with Crippen LogP contribution < -0.4 is 10.2 Å². The summed E-state index contributed by atoms with van der Waals surface area (Å²) >= 11 is 6.64. The van der Waals surface area contributed by atoms with Crippen LogP contribution in [0.5, 0.6) is 11.5 Å². The van der Waals surface area contributed by atoms with Crippen LogP contribution in [0.15, 0.2) is 109 Å². The number of aryl methyl sites for hydroxylation is 1. The van der Waals surface area contributed by atoms with Gasteiger partial charge >= 0.3 is 0 Å². The van der Waals surface area contributed by atoms with Gasteiger partial charge in [-0.05, 0) is 66.6 Å². The van der Waals surface area contributed by atoms with Gasteiger partial charge < -0.3 is 9.84 Å². The standard InChI is InChI=1S/C41H36ClN3O6/c1-23-13-15-27(16-14-23)43-45-38(48)31-21-30-28(17-18-29-34(30)39(49)44(37(29)47)22-24-9-5-3-6-10-24)35(25-19-32(42)36(46)33(20-25)51-2)41(31,40(45)50)26-11-7-4-8-12-26/h3-17,19-20,29-31,34-35,43,46H,18,21-22H2,1-2H3/t29-,30+,31-,34-,35-,41+/m0/s1. The minimum atomic E-state index is -1.47. The summed E-state index contributed by atoms with van der Waals surface area (Å²) in [6.45, 7) is 2.11. The highest BCUT2D eigenvalue weighted by Crippen LogP contribution is 2.64. The number of imide groups is 2. The lowest BCUT2D eigenvalue weighted by Crippen LogP contribution is -2.53. The third-order valence-electron chi connectivity index (χ3n) is 11.3. The molecule has 2 saturated heterocycles. The van der Waals surface area contributed by atoms with E-state index in [1.54, 1.807) is 12.1 Å². The summed E-state index contributed by atoms with van der Waals surface area (Å²) in [5, 5.41) is 11.9. The molecule has 10 heteroatoms.